The average molecular weight is 207 g/mol. The van der Waals surface area contributed by atoms with E-state index in [-0.39, 0.29) is 6.42 Å². The van der Waals surface area contributed by atoms with Gasteiger partial charge in [0.05, 0.1) is 12.5 Å². The van der Waals surface area contributed by atoms with Crippen molar-refractivity contribution in [3.63, 3.8) is 0 Å². The average Bonchev–Trinajstić information content (AvgIpc) is 2.17. The third kappa shape index (κ3) is 3.09. The van der Waals surface area contributed by atoms with Crippen LogP contribution in [0, 0.1) is 6.92 Å². The summed E-state index contributed by atoms with van der Waals surface area (Å²) in [5.41, 5.74) is 1.81. The number of nitrogens with one attached hydrogen (secondary N) is 1. The van der Waals surface area contributed by atoms with E-state index in [0.29, 0.717) is 6.41 Å². The molecule has 0 aliphatic rings. The number of carboxylic acids is 1. The molecule has 0 saturated carbocycles. The molecule has 80 valence electrons. The van der Waals surface area contributed by atoms with Crippen LogP contribution < -0.4 is 5.32 Å². The van der Waals surface area contributed by atoms with E-state index in [1.54, 1.807) is 0 Å². The number of aliphatic carboxylic acids is 1. The summed E-state index contributed by atoms with van der Waals surface area (Å²) in [6, 6.07) is 6.94. The smallest absolute Gasteiger partial charge is 0.305 e. The van der Waals surface area contributed by atoms with E-state index in [1.165, 1.54) is 0 Å². The molecule has 1 atom stereocenters. The van der Waals surface area contributed by atoms with Crippen molar-refractivity contribution >= 4 is 12.4 Å². The molecule has 1 aromatic rings. The van der Waals surface area contributed by atoms with Crippen molar-refractivity contribution in [3.8, 4) is 0 Å². The Hall–Kier alpha value is -1.84. The van der Waals surface area contributed by atoms with Gasteiger partial charge in [0.1, 0.15) is 0 Å². The molecule has 0 radical (unpaired) electrons. The third-order valence-electron chi connectivity index (χ3n) is 2.21. The fraction of sp³-hybridized carbons (Fsp3) is 0.273. The molecular weight excluding hydrogens is 194 g/mol. The summed E-state index contributed by atoms with van der Waals surface area (Å²) in [7, 11) is 0. The molecule has 15 heavy (non-hydrogen) atoms. The zero-order valence-electron chi connectivity index (χ0n) is 8.43. The summed E-state index contributed by atoms with van der Waals surface area (Å²) in [4.78, 5) is 21.0. The Balaban J connectivity index is 2.92. The molecule has 0 bridgehead atoms. The lowest BCUT2D eigenvalue weighted by Gasteiger charge is -2.16. The van der Waals surface area contributed by atoms with Crippen LogP contribution in [0.1, 0.15) is 23.6 Å². The lowest BCUT2D eigenvalue weighted by Crippen LogP contribution is -2.23. The van der Waals surface area contributed by atoms with Crippen LogP contribution in [0.15, 0.2) is 24.3 Å². The third-order valence-corrected chi connectivity index (χ3v) is 2.21. The molecule has 1 rings (SSSR count). The quantitative estimate of drug-likeness (QED) is 0.714. The fourth-order valence-electron chi connectivity index (χ4n) is 1.49. The Bertz CT molecular complexity index is 363. The van der Waals surface area contributed by atoms with Gasteiger partial charge in [-0.1, -0.05) is 24.3 Å². The standard InChI is InChI=1S/C11H13NO3/c1-8-4-2-3-5-9(8)10(12-7-13)6-11(14)15/h2-5,7,10H,6H2,1H3,(H,12,13)(H,14,15)/t10-/m1/s1. The molecular formula is C11H13NO3. The minimum Gasteiger partial charge on any atom is -0.481 e. The predicted molar refractivity (Wildman–Crippen MR) is 55.4 cm³/mol. The van der Waals surface area contributed by atoms with Crippen LogP contribution in [0.5, 0.6) is 0 Å². The zero-order chi connectivity index (χ0) is 11.3. The van der Waals surface area contributed by atoms with Gasteiger partial charge in [-0.15, -0.1) is 0 Å². The number of aryl methyl sites for hydroxylation is 1. The van der Waals surface area contributed by atoms with Crippen molar-refractivity contribution in [2.75, 3.05) is 0 Å². The topological polar surface area (TPSA) is 66.4 Å². The molecule has 1 amide bonds. The minimum absolute atomic E-state index is 0.108. The van der Waals surface area contributed by atoms with E-state index >= 15 is 0 Å². The first-order valence-corrected chi connectivity index (χ1v) is 4.62. The van der Waals surface area contributed by atoms with Crippen LogP contribution in [-0.4, -0.2) is 17.5 Å². The fourth-order valence-corrected chi connectivity index (χ4v) is 1.49. The first kappa shape index (κ1) is 11.2. The molecule has 0 saturated heterocycles. The van der Waals surface area contributed by atoms with Crippen LogP contribution in [0.4, 0.5) is 0 Å². The molecule has 0 fully saturated rings. The molecule has 4 heteroatoms. The van der Waals surface area contributed by atoms with Crippen LogP contribution in [0.2, 0.25) is 0 Å². The Labute approximate surface area is 87.9 Å². The second-order valence-corrected chi connectivity index (χ2v) is 3.29. The number of benzene rings is 1. The predicted octanol–water partition coefficient (Wildman–Crippen LogP) is 1.26. The highest BCUT2D eigenvalue weighted by Gasteiger charge is 2.15. The zero-order valence-corrected chi connectivity index (χ0v) is 8.43. The molecule has 0 heterocycles. The first-order valence-electron chi connectivity index (χ1n) is 4.62. The summed E-state index contributed by atoms with van der Waals surface area (Å²) >= 11 is 0. The second kappa shape index (κ2) is 5.14. The van der Waals surface area contributed by atoms with E-state index in [1.807, 2.05) is 31.2 Å². The normalized spacial score (nSPS) is 11.8. The van der Waals surface area contributed by atoms with E-state index in [4.69, 9.17) is 5.11 Å². The van der Waals surface area contributed by atoms with Gasteiger partial charge >= 0.3 is 5.97 Å². The number of rotatable bonds is 5. The molecule has 1 aromatic carbocycles. The SMILES string of the molecule is Cc1ccccc1[C@@H](CC(=O)O)NC=O. The van der Waals surface area contributed by atoms with Crippen LogP contribution in [0.25, 0.3) is 0 Å². The second-order valence-electron chi connectivity index (χ2n) is 3.29. The van der Waals surface area contributed by atoms with Crippen molar-refractivity contribution in [2.45, 2.75) is 19.4 Å². The van der Waals surface area contributed by atoms with Gasteiger partial charge in [-0.3, -0.25) is 9.59 Å². The van der Waals surface area contributed by atoms with Crippen molar-refractivity contribution in [2.24, 2.45) is 0 Å². The maximum absolute atomic E-state index is 10.6. The molecule has 0 aromatic heterocycles. The Morgan fingerprint density at radius 1 is 1.53 bits per heavy atom. The lowest BCUT2D eigenvalue weighted by molar-refractivity contribution is -0.137. The van der Waals surface area contributed by atoms with E-state index in [9.17, 15) is 9.59 Å². The van der Waals surface area contributed by atoms with Gasteiger partial charge in [0, 0.05) is 0 Å². The lowest BCUT2D eigenvalue weighted by atomic mass is 9.99. The number of hydrogen-bond acceptors (Lipinski definition) is 2. The maximum atomic E-state index is 10.6. The monoisotopic (exact) mass is 207 g/mol. The minimum atomic E-state index is -0.933. The Kier molecular flexibility index (Phi) is 3.85. The number of carbonyl (C=O) groups excluding carboxylic acids is 1. The van der Waals surface area contributed by atoms with Gasteiger partial charge in [0.15, 0.2) is 0 Å². The van der Waals surface area contributed by atoms with Gasteiger partial charge < -0.3 is 10.4 Å². The van der Waals surface area contributed by atoms with Gasteiger partial charge in [-0.2, -0.15) is 0 Å². The summed E-state index contributed by atoms with van der Waals surface area (Å²) in [5.74, 6) is -0.933. The van der Waals surface area contributed by atoms with Gasteiger partial charge in [-0.05, 0) is 18.1 Å². The molecule has 2 N–H and O–H groups in total. The molecule has 0 aliphatic carbocycles. The maximum Gasteiger partial charge on any atom is 0.305 e. The van der Waals surface area contributed by atoms with Crippen LogP contribution >= 0.6 is 0 Å². The molecule has 0 unspecified atom stereocenters. The highest BCUT2D eigenvalue weighted by molar-refractivity contribution is 5.68. The Morgan fingerprint density at radius 2 is 2.20 bits per heavy atom. The number of carbonyl (C=O) groups is 2. The summed E-state index contributed by atoms with van der Waals surface area (Å²) in [6.45, 7) is 1.89. The van der Waals surface area contributed by atoms with E-state index < -0.39 is 12.0 Å². The van der Waals surface area contributed by atoms with Crippen LogP contribution in [-0.2, 0) is 9.59 Å². The van der Waals surface area contributed by atoms with Gasteiger partial charge in [0.25, 0.3) is 0 Å². The van der Waals surface area contributed by atoms with Gasteiger partial charge in [-0.25, -0.2) is 0 Å². The van der Waals surface area contributed by atoms with Crippen molar-refractivity contribution < 1.29 is 14.7 Å². The highest BCUT2D eigenvalue weighted by atomic mass is 16.4. The summed E-state index contributed by atoms with van der Waals surface area (Å²) in [5, 5.41) is 11.2. The molecule has 4 nitrogen and oxygen atoms in total. The van der Waals surface area contributed by atoms with E-state index in [0.717, 1.165) is 11.1 Å². The first-order chi connectivity index (χ1) is 7.15. The Morgan fingerprint density at radius 3 is 2.73 bits per heavy atom. The van der Waals surface area contributed by atoms with Gasteiger partial charge in [0.2, 0.25) is 6.41 Å². The summed E-state index contributed by atoms with van der Waals surface area (Å²) in [6.07, 6.45) is 0.420. The van der Waals surface area contributed by atoms with Crippen LogP contribution in [0.3, 0.4) is 0 Å². The number of amides is 1. The van der Waals surface area contributed by atoms with Crippen molar-refractivity contribution in [1.82, 2.24) is 5.32 Å². The number of carboxylic acid groups (broad SMARTS) is 1. The highest BCUT2D eigenvalue weighted by Crippen LogP contribution is 2.19. The number of hydrogen-bond donors (Lipinski definition) is 2. The van der Waals surface area contributed by atoms with E-state index in [2.05, 4.69) is 5.32 Å². The van der Waals surface area contributed by atoms with Crippen molar-refractivity contribution in [3.05, 3.63) is 35.4 Å². The molecule has 0 spiro atoms. The molecule has 0 aliphatic heterocycles. The largest absolute Gasteiger partial charge is 0.481 e. The summed E-state index contributed by atoms with van der Waals surface area (Å²) < 4.78 is 0. The van der Waals surface area contributed by atoms with Crippen molar-refractivity contribution in [1.29, 1.82) is 0 Å².